The second-order valence-electron chi connectivity index (χ2n) is 7.10. The molecule has 2 rings (SSSR count). The molecular weight excluding hydrogens is 278 g/mol. The van der Waals surface area contributed by atoms with Gasteiger partial charge in [-0.2, -0.15) is 5.26 Å². The van der Waals surface area contributed by atoms with E-state index in [9.17, 15) is 0 Å². The highest BCUT2D eigenvalue weighted by molar-refractivity contribution is 5.22. The van der Waals surface area contributed by atoms with E-state index in [0.717, 1.165) is 18.3 Å². The van der Waals surface area contributed by atoms with Gasteiger partial charge in [-0.25, -0.2) is 0 Å². The average Bonchev–Trinajstić information content (AvgIpc) is 2.59. The standard InChI is InChI=1S/C22H31N/c1-2-6-19-8-12-21(13-9-19)16-17-22-14-10-20(11-15-22)7-4-3-5-18-23/h3,5,8-9,12-13,20,22H,2,4,6-7,10-11,14-17H2,1H3/b5-3+. The summed E-state index contributed by atoms with van der Waals surface area (Å²) in [6.07, 6.45) is 16.6. The molecule has 0 amide bonds. The van der Waals surface area contributed by atoms with Crippen LogP contribution in [0.2, 0.25) is 0 Å². The monoisotopic (exact) mass is 309 g/mol. The molecule has 1 nitrogen and oxygen atoms in total. The van der Waals surface area contributed by atoms with Crippen molar-refractivity contribution in [1.29, 1.82) is 5.26 Å². The molecule has 0 radical (unpaired) electrons. The quantitative estimate of drug-likeness (QED) is 0.521. The summed E-state index contributed by atoms with van der Waals surface area (Å²) in [5, 5.41) is 8.50. The number of hydrogen-bond donors (Lipinski definition) is 0. The summed E-state index contributed by atoms with van der Waals surface area (Å²) in [6.45, 7) is 2.24. The first-order valence-corrected chi connectivity index (χ1v) is 9.44. The van der Waals surface area contributed by atoms with E-state index in [1.165, 1.54) is 68.9 Å². The third kappa shape index (κ3) is 6.61. The van der Waals surface area contributed by atoms with Crippen LogP contribution in [-0.4, -0.2) is 0 Å². The van der Waals surface area contributed by atoms with Crippen LogP contribution < -0.4 is 0 Å². The van der Waals surface area contributed by atoms with Crippen LogP contribution in [0.15, 0.2) is 36.4 Å². The molecule has 0 N–H and O–H groups in total. The minimum absolute atomic E-state index is 0.892. The molecular formula is C22H31N. The average molecular weight is 309 g/mol. The number of benzene rings is 1. The van der Waals surface area contributed by atoms with E-state index in [0.29, 0.717) is 0 Å². The molecule has 0 aliphatic heterocycles. The lowest BCUT2D eigenvalue weighted by molar-refractivity contribution is 0.254. The van der Waals surface area contributed by atoms with Gasteiger partial charge in [-0.1, -0.05) is 69.4 Å². The van der Waals surface area contributed by atoms with Crippen LogP contribution in [0.25, 0.3) is 0 Å². The van der Waals surface area contributed by atoms with Crippen molar-refractivity contribution in [2.24, 2.45) is 11.8 Å². The maximum Gasteiger partial charge on any atom is 0.0908 e. The number of allylic oxidation sites excluding steroid dienone is 2. The minimum Gasteiger partial charge on any atom is -0.193 e. The molecule has 1 aliphatic rings. The Morgan fingerprint density at radius 1 is 0.957 bits per heavy atom. The van der Waals surface area contributed by atoms with Gasteiger partial charge in [0.1, 0.15) is 0 Å². The predicted molar refractivity (Wildman–Crippen MR) is 98.2 cm³/mol. The largest absolute Gasteiger partial charge is 0.193 e. The molecule has 124 valence electrons. The topological polar surface area (TPSA) is 23.8 Å². The molecule has 0 aromatic heterocycles. The molecule has 1 saturated carbocycles. The summed E-state index contributed by atoms with van der Waals surface area (Å²) in [5.74, 6) is 1.82. The van der Waals surface area contributed by atoms with Crippen molar-refractivity contribution in [3.63, 3.8) is 0 Å². The van der Waals surface area contributed by atoms with Crippen molar-refractivity contribution in [2.45, 2.75) is 71.1 Å². The third-order valence-corrected chi connectivity index (χ3v) is 5.30. The van der Waals surface area contributed by atoms with Gasteiger partial charge in [-0.3, -0.25) is 0 Å². The second kappa shape index (κ2) is 10.3. The predicted octanol–water partition coefficient (Wildman–Crippen LogP) is 6.24. The molecule has 0 spiro atoms. The van der Waals surface area contributed by atoms with Crippen molar-refractivity contribution < 1.29 is 0 Å². The van der Waals surface area contributed by atoms with Gasteiger partial charge in [0, 0.05) is 6.08 Å². The maximum atomic E-state index is 8.50. The lowest BCUT2D eigenvalue weighted by Crippen LogP contribution is -2.15. The fourth-order valence-electron chi connectivity index (χ4n) is 3.81. The van der Waals surface area contributed by atoms with Gasteiger partial charge in [0.25, 0.3) is 0 Å². The summed E-state index contributed by atoms with van der Waals surface area (Å²) < 4.78 is 0. The van der Waals surface area contributed by atoms with Crippen LogP contribution in [0.1, 0.15) is 69.4 Å². The molecule has 0 saturated heterocycles. The van der Waals surface area contributed by atoms with Crippen molar-refractivity contribution >= 4 is 0 Å². The first-order valence-electron chi connectivity index (χ1n) is 9.44. The number of aryl methyl sites for hydroxylation is 2. The van der Waals surface area contributed by atoms with Crippen LogP contribution in [0, 0.1) is 23.2 Å². The molecule has 1 heteroatoms. The normalized spacial score (nSPS) is 21.4. The molecule has 0 heterocycles. The smallest absolute Gasteiger partial charge is 0.0908 e. The number of rotatable bonds is 8. The Morgan fingerprint density at radius 2 is 1.52 bits per heavy atom. The van der Waals surface area contributed by atoms with Crippen molar-refractivity contribution in [2.75, 3.05) is 0 Å². The Hall–Kier alpha value is -1.55. The van der Waals surface area contributed by atoms with E-state index < -0.39 is 0 Å². The number of nitrogens with zero attached hydrogens (tertiary/aromatic N) is 1. The fraction of sp³-hybridized carbons (Fsp3) is 0.591. The Labute approximate surface area is 142 Å². The zero-order chi connectivity index (χ0) is 16.3. The van der Waals surface area contributed by atoms with Crippen LogP contribution >= 0.6 is 0 Å². The van der Waals surface area contributed by atoms with E-state index in [1.54, 1.807) is 6.08 Å². The van der Waals surface area contributed by atoms with Gasteiger partial charge in [-0.05, 0) is 55.1 Å². The Bertz CT molecular complexity index is 498. The molecule has 0 bridgehead atoms. The second-order valence-corrected chi connectivity index (χ2v) is 7.10. The first-order chi connectivity index (χ1) is 11.3. The zero-order valence-electron chi connectivity index (χ0n) is 14.6. The van der Waals surface area contributed by atoms with E-state index in [1.807, 2.05) is 6.08 Å². The Balaban J connectivity index is 1.64. The maximum absolute atomic E-state index is 8.50. The molecule has 1 aliphatic carbocycles. The van der Waals surface area contributed by atoms with Crippen LogP contribution in [0.4, 0.5) is 0 Å². The van der Waals surface area contributed by atoms with Gasteiger partial charge >= 0.3 is 0 Å². The van der Waals surface area contributed by atoms with Crippen LogP contribution in [0.3, 0.4) is 0 Å². The van der Waals surface area contributed by atoms with Crippen LogP contribution in [0.5, 0.6) is 0 Å². The van der Waals surface area contributed by atoms with Crippen molar-refractivity contribution in [3.05, 3.63) is 47.5 Å². The number of hydrogen-bond acceptors (Lipinski definition) is 1. The van der Waals surface area contributed by atoms with Gasteiger partial charge in [0.2, 0.25) is 0 Å². The summed E-state index contributed by atoms with van der Waals surface area (Å²) in [6, 6.07) is 11.4. The molecule has 0 unspecified atom stereocenters. The molecule has 1 aromatic carbocycles. The minimum atomic E-state index is 0.892. The van der Waals surface area contributed by atoms with Crippen LogP contribution in [-0.2, 0) is 12.8 Å². The van der Waals surface area contributed by atoms with E-state index in [4.69, 9.17) is 5.26 Å². The highest BCUT2D eigenvalue weighted by Gasteiger charge is 2.20. The summed E-state index contributed by atoms with van der Waals surface area (Å²) >= 11 is 0. The molecule has 1 fully saturated rings. The van der Waals surface area contributed by atoms with Crippen molar-refractivity contribution in [1.82, 2.24) is 0 Å². The zero-order valence-corrected chi connectivity index (χ0v) is 14.6. The van der Waals surface area contributed by atoms with Gasteiger partial charge < -0.3 is 0 Å². The highest BCUT2D eigenvalue weighted by Crippen LogP contribution is 2.34. The third-order valence-electron chi connectivity index (χ3n) is 5.30. The molecule has 23 heavy (non-hydrogen) atoms. The first kappa shape index (κ1) is 17.8. The van der Waals surface area contributed by atoms with E-state index >= 15 is 0 Å². The Morgan fingerprint density at radius 3 is 2.09 bits per heavy atom. The lowest BCUT2D eigenvalue weighted by atomic mass is 9.78. The summed E-state index contributed by atoms with van der Waals surface area (Å²) in [5.41, 5.74) is 2.98. The molecule has 1 aromatic rings. The SMILES string of the molecule is CCCc1ccc(CCC2CCC(CC/C=C/C#N)CC2)cc1. The van der Waals surface area contributed by atoms with E-state index in [2.05, 4.69) is 37.3 Å². The Kier molecular flexibility index (Phi) is 7.95. The number of nitriles is 1. The van der Waals surface area contributed by atoms with Gasteiger partial charge in [0.15, 0.2) is 0 Å². The highest BCUT2D eigenvalue weighted by atomic mass is 14.3. The van der Waals surface area contributed by atoms with Gasteiger partial charge in [0.05, 0.1) is 6.07 Å². The summed E-state index contributed by atoms with van der Waals surface area (Å²) in [4.78, 5) is 0. The van der Waals surface area contributed by atoms with Gasteiger partial charge in [-0.15, -0.1) is 0 Å². The van der Waals surface area contributed by atoms with Crippen molar-refractivity contribution in [3.8, 4) is 6.07 Å². The summed E-state index contributed by atoms with van der Waals surface area (Å²) in [7, 11) is 0. The van der Waals surface area contributed by atoms with E-state index in [-0.39, 0.29) is 0 Å². The molecule has 0 atom stereocenters. The fourth-order valence-corrected chi connectivity index (χ4v) is 3.81. The lowest BCUT2D eigenvalue weighted by Gasteiger charge is -2.28.